The van der Waals surface area contributed by atoms with E-state index in [1.807, 2.05) is 6.08 Å². The number of likely N-dealkylation sites (N-methyl/N-ethyl adjacent to an activating group) is 1. The molecule has 0 unspecified atom stereocenters. The first-order valence-electron chi connectivity index (χ1n) is 9.00. The Labute approximate surface area is 161 Å². The summed E-state index contributed by atoms with van der Waals surface area (Å²) in [6, 6.07) is 4.39. The second-order valence-electron chi connectivity index (χ2n) is 6.14. The Bertz CT molecular complexity index is 803. The van der Waals surface area contributed by atoms with Gasteiger partial charge in [-0.1, -0.05) is 26.2 Å². The maximum Gasteiger partial charge on any atom is 0.123 e. The first-order valence-corrected chi connectivity index (χ1v) is 9.00. The number of aryl methyl sites for hydroxylation is 1. The van der Waals surface area contributed by atoms with Crippen molar-refractivity contribution < 1.29 is 4.39 Å². The third kappa shape index (κ3) is 6.15. The molecule has 4 nitrogen and oxygen atoms in total. The zero-order valence-electron chi connectivity index (χ0n) is 16.5. The molecule has 5 heteroatoms. The summed E-state index contributed by atoms with van der Waals surface area (Å²) in [5.41, 5.74) is 17.3. The summed E-state index contributed by atoms with van der Waals surface area (Å²) < 4.78 is 13.6. The molecule has 1 aromatic heterocycles. The quantitative estimate of drug-likeness (QED) is 0.333. The van der Waals surface area contributed by atoms with Crippen LogP contribution in [0.2, 0.25) is 0 Å². The molecule has 1 heterocycles. The van der Waals surface area contributed by atoms with E-state index in [0.29, 0.717) is 11.3 Å². The molecule has 0 amide bonds. The van der Waals surface area contributed by atoms with Crippen LogP contribution in [0.4, 0.5) is 10.1 Å². The van der Waals surface area contributed by atoms with Crippen molar-refractivity contribution in [2.24, 2.45) is 5.73 Å². The molecule has 6 N–H and O–H groups in total. The minimum Gasteiger partial charge on any atom is -0.405 e. The summed E-state index contributed by atoms with van der Waals surface area (Å²) in [6.45, 7) is 15.2. The van der Waals surface area contributed by atoms with Gasteiger partial charge < -0.3 is 21.8 Å². The van der Waals surface area contributed by atoms with Crippen LogP contribution in [0.15, 0.2) is 43.6 Å². The lowest BCUT2D eigenvalue weighted by Crippen LogP contribution is -2.16. The van der Waals surface area contributed by atoms with Gasteiger partial charge in [0.2, 0.25) is 0 Å². The number of hydrogen-bond acceptors (Lipinski definition) is 3. The molecule has 0 saturated carbocycles. The average molecular weight is 371 g/mol. The molecular formula is C22H31FN4. The number of H-pyrrole nitrogens is 1. The molecular weight excluding hydrogens is 339 g/mol. The van der Waals surface area contributed by atoms with Crippen molar-refractivity contribution in [2.75, 3.05) is 18.8 Å². The van der Waals surface area contributed by atoms with E-state index in [1.54, 1.807) is 12.1 Å². The number of benzene rings is 1. The average Bonchev–Trinajstić information content (AvgIpc) is 2.90. The van der Waals surface area contributed by atoms with Gasteiger partial charge in [-0.2, -0.15) is 0 Å². The second-order valence-corrected chi connectivity index (χ2v) is 6.14. The predicted molar refractivity (Wildman–Crippen MR) is 116 cm³/mol. The van der Waals surface area contributed by atoms with Crippen molar-refractivity contribution >= 4 is 17.3 Å². The number of nitrogen functional groups attached to an aromatic ring is 1. The van der Waals surface area contributed by atoms with Crippen molar-refractivity contribution in [3.05, 3.63) is 77.5 Å². The first kappa shape index (κ1) is 22.3. The van der Waals surface area contributed by atoms with E-state index in [-0.39, 0.29) is 5.82 Å². The molecule has 146 valence electrons. The zero-order chi connectivity index (χ0) is 20.4. The summed E-state index contributed by atoms with van der Waals surface area (Å²) in [6.07, 6.45) is 5.91. The Morgan fingerprint density at radius 2 is 1.96 bits per heavy atom. The number of aromatic amines is 1. The molecule has 1 aromatic carbocycles. The van der Waals surface area contributed by atoms with Crippen molar-refractivity contribution in [1.82, 2.24) is 10.3 Å². The minimum atomic E-state index is -0.308. The standard InChI is InChI=1S/C20H26FN3.C2H5N/c1-5-15(18-12-16(21)7-8-19(18)22)11-20-13(3)17(14(4)24-20)9-10-23-6-2;1-2-3/h5,7-8,11-12,23-24H,1,6,9-10,22H2,2-4H3;2H,1,3H2/b15-11+;. The Morgan fingerprint density at radius 3 is 2.56 bits per heavy atom. The van der Waals surface area contributed by atoms with Gasteiger partial charge in [-0.3, -0.25) is 0 Å². The number of rotatable bonds is 7. The highest BCUT2D eigenvalue weighted by molar-refractivity contribution is 5.91. The van der Waals surface area contributed by atoms with Crippen LogP contribution in [-0.2, 0) is 6.42 Å². The molecule has 0 aliphatic heterocycles. The van der Waals surface area contributed by atoms with Gasteiger partial charge in [0.05, 0.1) is 0 Å². The largest absolute Gasteiger partial charge is 0.405 e. The Kier molecular flexibility index (Phi) is 9.09. The highest BCUT2D eigenvalue weighted by Crippen LogP contribution is 2.28. The Hall–Kier alpha value is -2.79. The number of aromatic nitrogens is 1. The number of nitrogens with one attached hydrogen (secondary N) is 2. The Balaban J connectivity index is 0.00000114. The van der Waals surface area contributed by atoms with Crippen LogP contribution in [-0.4, -0.2) is 18.1 Å². The van der Waals surface area contributed by atoms with Gasteiger partial charge in [0, 0.05) is 22.6 Å². The fourth-order valence-electron chi connectivity index (χ4n) is 2.91. The van der Waals surface area contributed by atoms with Crippen LogP contribution in [0.5, 0.6) is 0 Å². The maximum atomic E-state index is 13.6. The van der Waals surface area contributed by atoms with E-state index in [4.69, 9.17) is 5.73 Å². The number of halogens is 1. The van der Waals surface area contributed by atoms with Gasteiger partial charge >= 0.3 is 0 Å². The SMILES string of the molecule is C=C/C(=C\c1[nH]c(C)c(CCNCC)c1C)c1cc(F)ccc1N.C=CN. The van der Waals surface area contributed by atoms with Gasteiger partial charge in [-0.15, -0.1) is 0 Å². The van der Waals surface area contributed by atoms with E-state index in [9.17, 15) is 4.39 Å². The van der Waals surface area contributed by atoms with Crippen LogP contribution < -0.4 is 16.8 Å². The lowest BCUT2D eigenvalue weighted by atomic mass is 10.0. The number of allylic oxidation sites excluding steroid dienone is 2. The van der Waals surface area contributed by atoms with Gasteiger partial charge in [0.15, 0.2) is 0 Å². The lowest BCUT2D eigenvalue weighted by Gasteiger charge is -2.07. The highest BCUT2D eigenvalue weighted by Gasteiger charge is 2.11. The molecule has 2 rings (SSSR count). The van der Waals surface area contributed by atoms with Crippen molar-refractivity contribution in [1.29, 1.82) is 0 Å². The molecule has 27 heavy (non-hydrogen) atoms. The van der Waals surface area contributed by atoms with Crippen molar-refractivity contribution in [2.45, 2.75) is 27.2 Å². The third-order valence-electron chi connectivity index (χ3n) is 4.28. The molecule has 0 saturated heterocycles. The van der Waals surface area contributed by atoms with E-state index < -0.39 is 0 Å². The van der Waals surface area contributed by atoms with E-state index >= 15 is 0 Å². The molecule has 0 radical (unpaired) electrons. The van der Waals surface area contributed by atoms with Gasteiger partial charge in [0.25, 0.3) is 0 Å². The van der Waals surface area contributed by atoms with Crippen LogP contribution in [0.3, 0.4) is 0 Å². The Morgan fingerprint density at radius 1 is 1.30 bits per heavy atom. The van der Waals surface area contributed by atoms with Gasteiger partial charge in [-0.25, -0.2) is 4.39 Å². The minimum absolute atomic E-state index is 0.308. The number of anilines is 1. The summed E-state index contributed by atoms with van der Waals surface area (Å²) in [5, 5.41) is 3.35. The van der Waals surface area contributed by atoms with Gasteiger partial charge in [-0.05, 0) is 80.5 Å². The molecule has 0 bridgehead atoms. The highest BCUT2D eigenvalue weighted by atomic mass is 19.1. The van der Waals surface area contributed by atoms with Crippen LogP contribution in [0.1, 0.15) is 35.0 Å². The predicted octanol–water partition coefficient (Wildman–Crippen LogP) is 4.32. The van der Waals surface area contributed by atoms with E-state index in [0.717, 1.165) is 36.5 Å². The molecule has 0 atom stereocenters. The molecule has 0 fully saturated rings. The second kappa shape index (κ2) is 11.0. The monoisotopic (exact) mass is 370 g/mol. The van der Waals surface area contributed by atoms with Crippen LogP contribution in [0.25, 0.3) is 11.6 Å². The van der Waals surface area contributed by atoms with Gasteiger partial charge in [0.1, 0.15) is 5.82 Å². The zero-order valence-corrected chi connectivity index (χ0v) is 16.5. The molecule has 0 spiro atoms. The number of hydrogen-bond donors (Lipinski definition) is 4. The van der Waals surface area contributed by atoms with Crippen molar-refractivity contribution in [3.8, 4) is 0 Å². The summed E-state index contributed by atoms with van der Waals surface area (Å²) in [7, 11) is 0. The number of nitrogens with two attached hydrogens (primary N) is 2. The topological polar surface area (TPSA) is 79.9 Å². The normalized spacial score (nSPS) is 10.9. The summed E-state index contributed by atoms with van der Waals surface area (Å²) in [5.74, 6) is -0.308. The maximum absolute atomic E-state index is 13.6. The summed E-state index contributed by atoms with van der Waals surface area (Å²) >= 11 is 0. The fraction of sp³-hybridized carbons (Fsp3) is 0.273. The fourth-order valence-corrected chi connectivity index (χ4v) is 2.91. The van der Waals surface area contributed by atoms with Crippen molar-refractivity contribution in [3.63, 3.8) is 0 Å². The summed E-state index contributed by atoms with van der Waals surface area (Å²) in [4.78, 5) is 3.42. The molecule has 0 aliphatic rings. The third-order valence-corrected chi connectivity index (χ3v) is 4.28. The lowest BCUT2D eigenvalue weighted by molar-refractivity contribution is 0.627. The van der Waals surface area contributed by atoms with E-state index in [1.165, 1.54) is 29.5 Å². The first-order chi connectivity index (χ1) is 12.9. The molecule has 2 aromatic rings. The van der Waals surface area contributed by atoms with Crippen LogP contribution >= 0.6 is 0 Å². The smallest absolute Gasteiger partial charge is 0.123 e. The van der Waals surface area contributed by atoms with Crippen LogP contribution in [0, 0.1) is 19.7 Å². The molecule has 0 aliphatic carbocycles. The van der Waals surface area contributed by atoms with E-state index in [2.05, 4.69) is 50.0 Å².